The first-order valence-corrected chi connectivity index (χ1v) is 5.11. The van der Waals surface area contributed by atoms with Gasteiger partial charge in [-0.2, -0.15) is 0 Å². The molecule has 0 radical (unpaired) electrons. The van der Waals surface area contributed by atoms with E-state index >= 15 is 0 Å². The lowest BCUT2D eigenvalue weighted by Crippen LogP contribution is -2.10. The second-order valence-electron chi connectivity index (χ2n) is 3.68. The highest BCUT2D eigenvalue weighted by atomic mass is 15.1. The first-order valence-electron chi connectivity index (χ1n) is 5.11. The molecule has 0 aliphatic heterocycles. The van der Waals surface area contributed by atoms with Gasteiger partial charge in [-0.3, -0.25) is 0 Å². The van der Waals surface area contributed by atoms with Crippen LogP contribution in [0, 0.1) is 0 Å². The quantitative estimate of drug-likeness (QED) is 0.814. The molecule has 16 heavy (non-hydrogen) atoms. The lowest BCUT2D eigenvalue weighted by atomic mass is 10.3. The van der Waals surface area contributed by atoms with Gasteiger partial charge in [-0.25, -0.2) is 9.97 Å². The van der Waals surface area contributed by atoms with E-state index in [2.05, 4.69) is 20.3 Å². The van der Waals surface area contributed by atoms with Crippen molar-refractivity contribution in [1.82, 2.24) is 15.0 Å². The molecule has 0 bridgehead atoms. The smallest absolute Gasteiger partial charge is 0.128 e. The number of imidazole rings is 1. The largest absolute Gasteiger partial charge is 0.378 e. The number of rotatable bonds is 4. The molecule has 0 aliphatic rings. The van der Waals surface area contributed by atoms with E-state index in [1.54, 1.807) is 18.6 Å². The van der Waals surface area contributed by atoms with Crippen LogP contribution >= 0.6 is 0 Å². The van der Waals surface area contributed by atoms with Crippen LogP contribution in [0.25, 0.3) is 0 Å². The zero-order valence-corrected chi connectivity index (χ0v) is 9.44. The minimum atomic E-state index is 0.650. The van der Waals surface area contributed by atoms with Crippen LogP contribution in [-0.4, -0.2) is 29.0 Å². The molecule has 2 rings (SSSR count). The highest BCUT2D eigenvalue weighted by Crippen LogP contribution is 2.14. The van der Waals surface area contributed by atoms with Crippen LogP contribution in [0.1, 0.15) is 5.82 Å². The Bertz CT molecular complexity index is 435. The maximum absolute atomic E-state index is 4.24. The minimum absolute atomic E-state index is 0.650. The van der Waals surface area contributed by atoms with Crippen LogP contribution in [0.2, 0.25) is 0 Å². The SMILES string of the molecule is CN(C)c1ccnc(NCc2ncc[nH]2)c1. The summed E-state index contributed by atoms with van der Waals surface area (Å²) in [5.74, 6) is 1.75. The predicted molar refractivity (Wildman–Crippen MR) is 64.5 cm³/mol. The van der Waals surface area contributed by atoms with E-state index in [4.69, 9.17) is 0 Å². The summed E-state index contributed by atoms with van der Waals surface area (Å²) >= 11 is 0. The Hall–Kier alpha value is -2.04. The number of hydrogen-bond acceptors (Lipinski definition) is 4. The second kappa shape index (κ2) is 4.65. The molecule has 84 valence electrons. The molecule has 2 aromatic heterocycles. The van der Waals surface area contributed by atoms with Gasteiger partial charge in [-0.15, -0.1) is 0 Å². The summed E-state index contributed by atoms with van der Waals surface area (Å²) in [6, 6.07) is 3.97. The fourth-order valence-electron chi connectivity index (χ4n) is 1.36. The average molecular weight is 217 g/mol. The standard InChI is InChI=1S/C11H15N5/c1-16(2)9-3-4-12-10(7-9)15-8-11-13-5-6-14-11/h3-7H,8H2,1-2H3,(H,12,15)(H,13,14). The van der Waals surface area contributed by atoms with E-state index in [-0.39, 0.29) is 0 Å². The van der Waals surface area contributed by atoms with Crippen LogP contribution in [0.4, 0.5) is 11.5 Å². The van der Waals surface area contributed by atoms with Gasteiger partial charge in [0.25, 0.3) is 0 Å². The molecule has 0 atom stereocenters. The Labute approximate surface area is 94.5 Å². The first kappa shape index (κ1) is 10.5. The number of nitrogens with one attached hydrogen (secondary N) is 2. The molecular formula is C11H15N5. The zero-order chi connectivity index (χ0) is 11.4. The zero-order valence-electron chi connectivity index (χ0n) is 9.44. The van der Waals surface area contributed by atoms with Gasteiger partial charge in [0.05, 0.1) is 6.54 Å². The number of H-pyrrole nitrogens is 1. The van der Waals surface area contributed by atoms with Crippen molar-refractivity contribution in [2.75, 3.05) is 24.3 Å². The van der Waals surface area contributed by atoms with E-state index < -0.39 is 0 Å². The minimum Gasteiger partial charge on any atom is -0.378 e. The topological polar surface area (TPSA) is 56.8 Å². The van der Waals surface area contributed by atoms with Crippen molar-refractivity contribution in [3.05, 3.63) is 36.5 Å². The van der Waals surface area contributed by atoms with Crippen LogP contribution < -0.4 is 10.2 Å². The van der Waals surface area contributed by atoms with Gasteiger partial charge in [0.2, 0.25) is 0 Å². The average Bonchev–Trinajstić information content (AvgIpc) is 2.79. The monoisotopic (exact) mass is 217 g/mol. The maximum Gasteiger partial charge on any atom is 0.128 e. The number of pyridine rings is 1. The van der Waals surface area contributed by atoms with Crippen LogP contribution in [0.5, 0.6) is 0 Å². The number of aromatic amines is 1. The summed E-state index contributed by atoms with van der Waals surface area (Å²) in [5, 5.41) is 3.21. The first-order chi connectivity index (χ1) is 7.75. The third kappa shape index (κ3) is 2.50. The number of aromatic nitrogens is 3. The Kier molecular flexibility index (Phi) is 3.05. The molecule has 0 aromatic carbocycles. The summed E-state index contributed by atoms with van der Waals surface area (Å²) < 4.78 is 0. The van der Waals surface area contributed by atoms with Crippen molar-refractivity contribution in [3.8, 4) is 0 Å². The lowest BCUT2D eigenvalue weighted by molar-refractivity contribution is 0.986. The van der Waals surface area contributed by atoms with Gasteiger partial charge in [-0.05, 0) is 6.07 Å². The Morgan fingerprint density at radius 2 is 2.19 bits per heavy atom. The Morgan fingerprint density at radius 1 is 1.31 bits per heavy atom. The molecule has 0 fully saturated rings. The van der Waals surface area contributed by atoms with E-state index in [1.165, 1.54) is 0 Å². The molecular weight excluding hydrogens is 202 g/mol. The van der Waals surface area contributed by atoms with Crippen molar-refractivity contribution in [2.24, 2.45) is 0 Å². The van der Waals surface area contributed by atoms with Gasteiger partial charge in [0.1, 0.15) is 11.6 Å². The Balaban J connectivity index is 2.01. The molecule has 0 unspecified atom stereocenters. The molecule has 0 saturated heterocycles. The Morgan fingerprint density at radius 3 is 2.88 bits per heavy atom. The molecule has 0 amide bonds. The molecule has 0 aliphatic carbocycles. The third-order valence-corrected chi connectivity index (χ3v) is 2.25. The van der Waals surface area contributed by atoms with Crippen LogP contribution in [0.3, 0.4) is 0 Å². The van der Waals surface area contributed by atoms with Crippen molar-refractivity contribution in [3.63, 3.8) is 0 Å². The van der Waals surface area contributed by atoms with Gasteiger partial charge in [-0.1, -0.05) is 0 Å². The molecule has 5 heteroatoms. The number of anilines is 2. The van der Waals surface area contributed by atoms with Gasteiger partial charge in [0.15, 0.2) is 0 Å². The van der Waals surface area contributed by atoms with E-state index in [1.807, 2.05) is 31.1 Å². The number of hydrogen-bond donors (Lipinski definition) is 2. The van der Waals surface area contributed by atoms with E-state index in [0.717, 1.165) is 17.3 Å². The van der Waals surface area contributed by atoms with E-state index in [9.17, 15) is 0 Å². The lowest BCUT2D eigenvalue weighted by Gasteiger charge is -2.13. The predicted octanol–water partition coefficient (Wildman–Crippen LogP) is 1.48. The summed E-state index contributed by atoms with van der Waals surface area (Å²) in [4.78, 5) is 13.4. The van der Waals surface area contributed by atoms with Crippen molar-refractivity contribution in [2.45, 2.75) is 6.54 Å². The highest BCUT2D eigenvalue weighted by Gasteiger charge is 1.99. The highest BCUT2D eigenvalue weighted by molar-refractivity contribution is 5.52. The fraction of sp³-hybridized carbons (Fsp3) is 0.273. The van der Waals surface area contributed by atoms with Gasteiger partial charge >= 0.3 is 0 Å². The number of nitrogens with zero attached hydrogens (tertiary/aromatic N) is 3. The summed E-state index contributed by atoms with van der Waals surface area (Å²) in [5.41, 5.74) is 1.12. The molecule has 0 saturated carbocycles. The summed E-state index contributed by atoms with van der Waals surface area (Å²) in [6.07, 6.45) is 5.33. The summed E-state index contributed by atoms with van der Waals surface area (Å²) in [7, 11) is 4.01. The molecule has 0 spiro atoms. The van der Waals surface area contributed by atoms with E-state index in [0.29, 0.717) is 6.54 Å². The molecule has 2 heterocycles. The van der Waals surface area contributed by atoms with Crippen molar-refractivity contribution < 1.29 is 0 Å². The second-order valence-corrected chi connectivity index (χ2v) is 3.68. The molecule has 2 aromatic rings. The summed E-state index contributed by atoms with van der Waals surface area (Å²) in [6.45, 7) is 0.650. The van der Waals surface area contributed by atoms with Crippen molar-refractivity contribution in [1.29, 1.82) is 0 Å². The van der Waals surface area contributed by atoms with Gasteiger partial charge < -0.3 is 15.2 Å². The van der Waals surface area contributed by atoms with Crippen LogP contribution in [0.15, 0.2) is 30.7 Å². The molecule has 2 N–H and O–H groups in total. The molecule has 5 nitrogen and oxygen atoms in total. The normalized spacial score (nSPS) is 10.1. The fourth-order valence-corrected chi connectivity index (χ4v) is 1.36. The van der Waals surface area contributed by atoms with Crippen LogP contribution in [-0.2, 0) is 6.54 Å². The maximum atomic E-state index is 4.24. The van der Waals surface area contributed by atoms with Crippen molar-refractivity contribution >= 4 is 11.5 Å². The van der Waals surface area contributed by atoms with Gasteiger partial charge in [0, 0.05) is 44.4 Å². The third-order valence-electron chi connectivity index (χ3n) is 2.25.